The van der Waals surface area contributed by atoms with Gasteiger partial charge in [0, 0.05) is 6.61 Å². The van der Waals surface area contributed by atoms with Crippen molar-refractivity contribution < 1.29 is 9.26 Å². The van der Waals surface area contributed by atoms with Gasteiger partial charge in [0.1, 0.15) is 5.60 Å². The maximum atomic E-state index is 5.67. The van der Waals surface area contributed by atoms with E-state index in [1.807, 2.05) is 20.8 Å². The third-order valence-corrected chi connectivity index (χ3v) is 2.58. The average molecular weight is 237 g/mol. The summed E-state index contributed by atoms with van der Waals surface area (Å²) in [6.45, 7) is 7.51. The molecular formula is C12H19N3O2. The molecule has 17 heavy (non-hydrogen) atoms. The van der Waals surface area contributed by atoms with Crippen LogP contribution in [0.15, 0.2) is 4.52 Å². The molecule has 0 aliphatic carbocycles. The molecule has 94 valence electrons. The first-order chi connectivity index (χ1) is 8.16. The predicted octanol–water partition coefficient (Wildman–Crippen LogP) is 1.45. The van der Waals surface area contributed by atoms with Gasteiger partial charge in [0.05, 0.1) is 13.1 Å². The Hall–Kier alpha value is -1.38. The van der Waals surface area contributed by atoms with Gasteiger partial charge in [0.25, 0.3) is 0 Å². The summed E-state index contributed by atoms with van der Waals surface area (Å²) >= 11 is 0. The van der Waals surface area contributed by atoms with Gasteiger partial charge in [0.2, 0.25) is 11.7 Å². The molecule has 1 rings (SSSR count). The molecule has 5 nitrogen and oxygen atoms in total. The Balaban J connectivity index is 2.69. The first-order valence-electron chi connectivity index (χ1n) is 5.77. The second-order valence-corrected chi connectivity index (χ2v) is 3.84. The zero-order valence-electron chi connectivity index (χ0n) is 10.6. The number of nitrogens with one attached hydrogen (secondary N) is 1. The smallest absolute Gasteiger partial charge is 0.240 e. The van der Waals surface area contributed by atoms with E-state index < -0.39 is 5.60 Å². The summed E-state index contributed by atoms with van der Waals surface area (Å²) in [6.07, 6.45) is 5.92. The summed E-state index contributed by atoms with van der Waals surface area (Å²) in [6, 6.07) is 0. The lowest BCUT2D eigenvalue weighted by atomic mass is 10.0. The van der Waals surface area contributed by atoms with Gasteiger partial charge >= 0.3 is 0 Å². The molecule has 0 radical (unpaired) electrons. The summed E-state index contributed by atoms with van der Waals surface area (Å²) in [5, 5.41) is 6.95. The van der Waals surface area contributed by atoms with Crippen molar-refractivity contribution in [3.63, 3.8) is 0 Å². The molecule has 0 amide bonds. The molecule has 1 aromatic rings. The van der Waals surface area contributed by atoms with E-state index >= 15 is 0 Å². The highest BCUT2D eigenvalue weighted by Gasteiger charge is 2.30. The monoisotopic (exact) mass is 237 g/mol. The van der Waals surface area contributed by atoms with E-state index in [2.05, 4.69) is 21.4 Å². The highest BCUT2D eigenvalue weighted by atomic mass is 16.5. The molecule has 1 N–H and O–H groups in total. The molecule has 0 saturated carbocycles. The maximum Gasteiger partial charge on any atom is 0.240 e. The average Bonchev–Trinajstić information content (AvgIpc) is 2.79. The number of aromatic nitrogens is 2. The Bertz CT molecular complexity index is 383. The summed E-state index contributed by atoms with van der Waals surface area (Å²) in [5.74, 6) is 3.59. The van der Waals surface area contributed by atoms with Crippen molar-refractivity contribution in [1.82, 2.24) is 15.5 Å². The van der Waals surface area contributed by atoms with Gasteiger partial charge < -0.3 is 9.26 Å². The third-order valence-electron chi connectivity index (χ3n) is 2.58. The fourth-order valence-electron chi connectivity index (χ4n) is 1.43. The molecule has 5 heteroatoms. The van der Waals surface area contributed by atoms with Gasteiger partial charge in [-0.05, 0) is 20.3 Å². The van der Waals surface area contributed by atoms with Crippen LogP contribution in [0.3, 0.4) is 0 Å². The fraction of sp³-hybridized carbons (Fsp3) is 0.667. The first-order valence-corrected chi connectivity index (χ1v) is 5.77. The van der Waals surface area contributed by atoms with Gasteiger partial charge in [-0.25, -0.2) is 0 Å². The molecule has 0 bridgehead atoms. The number of ether oxygens (including phenoxy) is 1. The Morgan fingerprint density at radius 3 is 2.88 bits per heavy atom. The van der Waals surface area contributed by atoms with Crippen LogP contribution in [-0.4, -0.2) is 23.3 Å². The van der Waals surface area contributed by atoms with Gasteiger partial charge in [-0.3, -0.25) is 5.32 Å². The second kappa shape index (κ2) is 6.38. The topological polar surface area (TPSA) is 60.2 Å². The van der Waals surface area contributed by atoms with Crippen molar-refractivity contribution in [2.75, 3.05) is 13.2 Å². The Morgan fingerprint density at radius 1 is 1.53 bits per heavy atom. The van der Waals surface area contributed by atoms with Gasteiger partial charge in [-0.15, -0.1) is 6.42 Å². The molecule has 1 heterocycles. The number of terminal acetylenes is 1. The predicted molar refractivity (Wildman–Crippen MR) is 64.1 cm³/mol. The first kappa shape index (κ1) is 13.7. The van der Waals surface area contributed by atoms with Crippen LogP contribution in [0.25, 0.3) is 0 Å². The van der Waals surface area contributed by atoms with E-state index in [-0.39, 0.29) is 0 Å². The number of nitrogens with zero attached hydrogens (tertiary/aromatic N) is 2. The van der Waals surface area contributed by atoms with Crippen LogP contribution in [-0.2, 0) is 16.9 Å². The number of rotatable bonds is 7. The summed E-state index contributed by atoms with van der Waals surface area (Å²) in [4.78, 5) is 4.31. The maximum absolute atomic E-state index is 5.67. The molecule has 0 fully saturated rings. The Morgan fingerprint density at radius 2 is 2.29 bits per heavy atom. The lowest BCUT2D eigenvalue weighted by Crippen LogP contribution is -2.26. The SMILES string of the molecule is C#CCNCc1nc(C(C)(CC)OCC)no1. The lowest BCUT2D eigenvalue weighted by Gasteiger charge is -2.23. The number of hydrogen-bond acceptors (Lipinski definition) is 5. The van der Waals surface area contributed by atoms with E-state index in [0.717, 1.165) is 6.42 Å². The molecule has 1 atom stereocenters. The fourth-order valence-corrected chi connectivity index (χ4v) is 1.43. The largest absolute Gasteiger partial charge is 0.367 e. The van der Waals surface area contributed by atoms with Crippen molar-refractivity contribution >= 4 is 0 Å². The quantitative estimate of drug-likeness (QED) is 0.574. The summed E-state index contributed by atoms with van der Waals surface area (Å²) in [5.41, 5.74) is -0.484. The van der Waals surface area contributed by atoms with Crippen LogP contribution in [0.1, 0.15) is 38.9 Å². The van der Waals surface area contributed by atoms with Crippen LogP contribution in [0.2, 0.25) is 0 Å². The zero-order chi connectivity index (χ0) is 12.7. The van der Waals surface area contributed by atoms with Gasteiger partial charge in [0.15, 0.2) is 0 Å². The molecule has 0 spiro atoms. The van der Waals surface area contributed by atoms with Crippen molar-refractivity contribution in [2.24, 2.45) is 0 Å². The van der Waals surface area contributed by atoms with Crippen LogP contribution < -0.4 is 5.32 Å². The van der Waals surface area contributed by atoms with E-state index in [0.29, 0.717) is 31.4 Å². The molecule has 0 aliphatic heterocycles. The van der Waals surface area contributed by atoms with Crippen LogP contribution in [0.5, 0.6) is 0 Å². The minimum atomic E-state index is -0.484. The molecule has 0 aliphatic rings. The van der Waals surface area contributed by atoms with E-state index in [4.69, 9.17) is 15.7 Å². The molecule has 1 aromatic heterocycles. The Kier molecular flexibility index (Phi) is 5.13. The highest BCUT2D eigenvalue weighted by molar-refractivity contribution is 4.99. The Labute approximate surface area is 102 Å². The number of hydrogen-bond donors (Lipinski definition) is 1. The van der Waals surface area contributed by atoms with Crippen molar-refractivity contribution in [1.29, 1.82) is 0 Å². The minimum absolute atomic E-state index is 0.475. The van der Waals surface area contributed by atoms with Gasteiger partial charge in [-0.1, -0.05) is 18.0 Å². The second-order valence-electron chi connectivity index (χ2n) is 3.84. The van der Waals surface area contributed by atoms with Crippen LogP contribution in [0.4, 0.5) is 0 Å². The molecular weight excluding hydrogens is 218 g/mol. The normalized spacial score (nSPS) is 14.2. The standard InChI is InChI=1S/C12H19N3O2/c1-5-8-13-9-10-14-11(15-17-10)12(4,6-2)16-7-3/h1,13H,6-9H2,2-4H3. The third kappa shape index (κ3) is 3.55. The summed E-state index contributed by atoms with van der Waals surface area (Å²) in [7, 11) is 0. The van der Waals surface area contributed by atoms with Crippen LogP contribution in [0, 0.1) is 12.3 Å². The van der Waals surface area contributed by atoms with Crippen molar-refractivity contribution in [3.05, 3.63) is 11.7 Å². The van der Waals surface area contributed by atoms with E-state index in [9.17, 15) is 0 Å². The van der Waals surface area contributed by atoms with Crippen molar-refractivity contribution in [3.8, 4) is 12.3 Å². The zero-order valence-corrected chi connectivity index (χ0v) is 10.6. The van der Waals surface area contributed by atoms with Crippen molar-refractivity contribution in [2.45, 2.75) is 39.3 Å². The minimum Gasteiger partial charge on any atom is -0.367 e. The van der Waals surface area contributed by atoms with Gasteiger partial charge in [-0.2, -0.15) is 4.98 Å². The lowest BCUT2D eigenvalue weighted by molar-refractivity contribution is -0.0403. The van der Waals surface area contributed by atoms with Crippen LogP contribution >= 0.6 is 0 Å². The summed E-state index contributed by atoms with van der Waals surface area (Å²) < 4.78 is 10.8. The highest BCUT2D eigenvalue weighted by Crippen LogP contribution is 2.26. The molecule has 0 saturated heterocycles. The molecule has 0 aromatic carbocycles. The molecule has 1 unspecified atom stereocenters. The van der Waals surface area contributed by atoms with E-state index in [1.165, 1.54) is 0 Å². The van der Waals surface area contributed by atoms with E-state index in [1.54, 1.807) is 0 Å².